The van der Waals surface area contributed by atoms with Gasteiger partial charge in [-0.1, -0.05) is 18.2 Å². The smallest absolute Gasteiger partial charge is 0.193 e. The number of hydrogen-bond acceptors (Lipinski definition) is 3. The Balaban J connectivity index is 0.00000338. The first-order valence-electron chi connectivity index (χ1n) is 7.80. The van der Waals surface area contributed by atoms with E-state index in [4.69, 9.17) is 5.26 Å². The monoisotopic (exact) mass is 484 g/mol. The molecule has 0 atom stereocenters. The van der Waals surface area contributed by atoms with Gasteiger partial charge in [-0.2, -0.15) is 5.26 Å². The Bertz CT molecular complexity index is 787. The lowest BCUT2D eigenvalue weighted by atomic mass is 10.1. The fourth-order valence-corrected chi connectivity index (χ4v) is 2.81. The van der Waals surface area contributed by atoms with Crippen molar-refractivity contribution in [2.24, 2.45) is 4.99 Å². The van der Waals surface area contributed by atoms with Crippen LogP contribution < -0.4 is 5.32 Å². The van der Waals surface area contributed by atoms with E-state index in [0.29, 0.717) is 30.2 Å². The number of benzene rings is 2. The summed E-state index contributed by atoms with van der Waals surface area (Å²) in [6, 6.07) is 14.8. The van der Waals surface area contributed by atoms with Crippen molar-refractivity contribution in [3.63, 3.8) is 0 Å². The molecule has 0 fully saturated rings. The van der Waals surface area contributed by atoms with Crippen LogP contribution in [0.3, 0.4) is 0 Å². The van der Waals surface area contributed by atoms with Gasteiger partial charge in [0.2, 0.25) is 0 Å². The average Bonchev–Trinajstić information content (AvgIpc) is 2.63. The van der Waals surface area contributed by atoms with Gasteiger partial charge >= 0.3 is 0 Å². The van der Waals surface area contributed by atoms with E-state index in [2.05, 4.69) is 40.8 Å². The Morgan fingerprint density at radius 3 is 2.50 bits per heavy atom. The maximum absolute atomic E-state index is 14.0. The van der Waals surface area contributed by atoms with Gasteiger partial charge in [-0.05, 0) is 36.1 Å². The van der Waals surface area contributed by atoms with Crippen molar-refractivity contribution in [1.29, 1.82) is 5.26 Å². The van der Waals surface area contributed by atoms with Crippen molar-refractivity contribution in [3.05, 3.63) is 65.0 Å². The molecule has 0 heterocycles. The lowest BCUT2D eigenvalue weighted by Crippen LogP contribution is -2.38. The fourth-order valence-electron chi connectivity index (χ4n) is 2.40. The Labute approximate surface area is 175 Å². The highest BCUT2D eigenvalue weighted by Crippen LogP contribution is 2.15. The molecule has 0 amide bonds. The molecule has 4 nitrogen and oxygen atoms in total. The summed E-state index contributed by atoms with van der Waals surface area (Å²) in [5.41, 5.74) is 1.99. The first-order valence-corrected chi connectivity index (χ1v) is 9.03. The summed E-state index contributed by atoms with van der Waals surface area (Å²) in [4.78, 5) is 7.46. The van der Waals surface area contributed by atoms with Gasteiger partial charge in [-0.3, -0.25) is 4.99 Å². The van der Waals surface area contributed by atoms with E-state index in [1.165, 1.54) is 16.5 Å². The molecule has 138 valence electrons. The van der Waals surface area contributed by atoms with Crippen LogP contribution in [0.4, 0.5) is 4.39 Å². The number of nitrogens with zero attached hydrogens (tertiary/aromatic N) is 3. The number of nitrogens with one attached hydrogen (secondary N) is 1. The number of nitriles is 1. The van der Waals surface area contributed by atoms with Crippen molar-refractivity contribution < 1.29 is 4.39 Å². The molecule has 0 radical (unpaired) electrons. The highest BCUT2D eigenvalue weighted by molar-refractivity contribution is 14.0. The summed E-state index contributed by atoms with van der Waals surface area (Å²) in [5, 5.41) is 12.0. The van der Waals surface area contributed by atoms with Gasteiger partial charge in [0, 0.05) is 37.6 Å². The molecule has 0 saturated heterocycles. The number of guanidine groups is 1. The van der Waals surface area contributed by atoms with Gasteiger partial charge < -0.3 is 10.2 Å². The Morgan fingerprint density at radius 1 is 1.27 bits per heavy atom. The molecular weight excluding hydrogens is 462 g/mol. The third kappa shape index (κ3) is 6.18. The molecule has 0 unspecified atom stereocenters. The molecule has 0 aromatic heterocycles. The second kappa shape index (κ2) is 11.0. The molecule has 0 aliphatic rings. The first-order chi connectivity index (χ1) is 12.1. The van der Waals surface area contributed by atoms with Crippen molar-refractivity contribution in [3.8, 4) is 6.07 Å². The van der Waals surface area contributed by atoms with Gasteiger partial charge in [-0.15, -0.1) is 35.7 Å². The molecule has 0 saturated carbocycles. The summed E-state index contributed by atoms with van der Waals surface area (Å²) >= 11 is 1.71. The van der Waals surface area contributed by atoms with E-state index in [-0.39, 0.29) is 24.0 Å². The van der Waals surface area contributed by atoms with Crippen molar-refractivity contribution in [2.45, 2.75) is 18.0 Å². The van der Waals surface area contributed by atoms with E-state index < -0.39 is 5.82 Å². The number of halogens is 2. The predicted octanol–water partition coefficient (Wildman–Crippen LogP) is 4.24. The van der Waals surface area contributed by atoms with E-state index in [9.17, 15) is 4.39 Å². The summed E-state index contributed by atoms with van der Waals surface area (Å²) in [6.45, 7) is 1.00. The van der Waals surface area contributed by atoms with Crippen LogP contribution in [0.2, 0.25) is 0 Å². The van der Waals surface area contributed by atoms with Crippen molar-refractivity contribution in [2.75, 3.05) is 20.4 Å². The van der Waals surface area contributed by atoms with Gasteiger partial charge in [0.05, 0.1) is 11.6 Å². The van der Waals surface area contributed by atoms with Crippen LogP contribution in [-0.2, 0) is 13.1 Å². The van der Waals surface area contributed by atoms with Crippen LogP contribution in [0.25, 0.3) is 0 Å². The molecule has 0 spiro atoms. The van der Waals surface area contributed by atoms with E-state index in [1.807, 2.05) is 18.0 Å². The molecule has 2 aromatic carbocycles. The molecule has 26 heavy (non-hydrogen) atoms. The highest BCUT2D eigenvalue weighted by Gasteiger charge is 2.09. The number of rotatable bonds is 5. The molecule has 0 aliphatic heterocycles. The third-order valence-electron chi connectivity index (χ3n) is 3.77. The molecular formula is C19H22FIN4S. The largest absolute Gasteiger partial charge is 0.352 e. The topological polar surface area (TPSA) is 51.4 Å². The quantitative estimate of drug-likeness (QED) is 0.299. The SMILES string of the molecule is CN=C(NCc1ccc(C#N)cc1F)N(C)Cc1ccc(SC)cc1.I. The molecule has 2 rings (SSSR count). The molecule has 0 bridgehead atoms. The van der Waals surface area contributed by atoms with Crippen LogP contribution in [-0.4, -0.2) is 31.2 Å². The number of aliphatic imine (C=N–C) groups is 1. The van der Waals surface area contributed by atoms with Gasteiger partial charge in [0.15, 0.2) is 5.96 Å². The summed E-state index contributed by atoms with van der Waals surface area (Å²) < 4.78 is 14.0. The maximum atomic E-state index is 14.0. The van der Waals surface area contributed by atoms with E-state index >= 15 is 0 Å². The molecule has 2 aromatic rings. The Morgan fingerprint density at radius 2 is 1.96 bits per heavy atom. The van der Waals surface area contributed by atoms with Crippen LogP contribution >= 0.6 is 35.7 Å². The summed E-state index contributed by atoms with van der Waals surface area (Å²) in [6.07, 6.45) is 2.05. The van der Waals surface area contributed by atoms with Crippen molar-refractivity contribution >= 4 is 41.7 Å². The minimum absolute atomic E-state index is 0. The zero-order chi connectivity index (χ0) is 18.2. The average molecular weight is 484 g/mol. The molecule has 7 heteroatoms. The van der Waals surface area contributed by atoms with E-state index in [1.54, 1.807) is 30.9 Å². The van der Waals surface area contributed by atoms with Gasteiger partial charge in [0.1, 0.15) is 5.82 Å². The second-order valence-corrected chi connectivity index (χ2v) is 6.40. The number of thioether (sulfide) groups is 1. The summed E-state index contributed by atoms with van der Waals surface area (Å²) in [7, 11) is 3.64. The summed E-state index contributed by atoms with van der Waals surface area (Å²) in [5.74, 6) is 0.287. The van der Waals surface area contributed by atoms with Crippen LogP contribution in [0.5, 0.6) is 0 Å². The Hall–Kier alpha value is -1.79. The van der Waals surface area contributed by atoms with Crippen molar-refractivity contribution in [1.82, 2.24) is 10.2 Å². The maximum Gasteiger partial charge on any atom is 0.193 e. The molecule has 1 N–H and O–H groups in total. The minimum atomic E-state index is -0.391. The standard InChI is InChI=1S/C19H21FN4S.HI/c1-22-19(23-12-16-7-4-15(11-21)10-18(16)20)24(2)13-14-5-8-17(25-3)9-6-14;/h4-10H,12-13H2,1-3H3,(H,22,23);1H. The Kier molecular flexibility index (Phi) is 9.44. The normalized spacial score (nSPS) is 10.7. The minimum Gasteiger partial charge on any atom is -0.352 e. The number of hydrogen-bond donors (Lipinski definition) is 1. The zero-order valence-electron chi connectivity index (χ0n) is 15.0. The highest BCUT2D eigenvalue weighted by atomic mass is 127. The predicted molar refractivity (Wildman–Crippen MR) is 116 cm³/mol. The van der Waals surface area contributed by atoms with Crippen LogP contribution in [0.1, 0.15) is 16.7 Å². The lowest BCUT2D eigenvalue weighted by Gasteiger charge is -2.22. The molecule has 0 aliphatic carbocycles. The van der Waals surface area contributed by atoms with Crippen LogP contribution in [0, 0.1) is 17.1 Å². The van der Waals surface area contributed by atoms with Gasteiger partial charge in [0.25, 0.3) is 0 Å². The fraction of sp³-hybridized carbons (Fsp3) is 0.263. The zero-order valence-corrected chi connectivity index (χ0v) is 18.1. The first kappa shape index (κ1) is 22.3. The lowest BCUT2D eigenvalue weighted by molar-refractivity contribution is 0.475. The second-order valence-electron chi connectivity index (χ2n) is 5.52. The van der Waals surface area contributed by atoms with Gasteiger partial charge in [-0.25, -0.2) is 4.39 Å². The van der Waals surface area contributed by atoms with E-state index in [0.717, 1.165) is 0 Å². The third-order valence-corrected chi connectivity index (χ3v) is 4.51. The van der Waals surface area contributed by atoms with Crippen LogP contribution in [0.15, 0.2) is 52.4 Å².